The van der Waals surface area contributed by atoms with E-state index in [1.807, 2.05) is 25.1 Å². The lowest BCUT2D eigenvalue weighted by molar-refractivity contribution is -0.132. The van der Waals surface area contributed by atoms with Gasteiger partial charge in [0.1, 0.15) is 0 Å². The number of fused-ring (bicyclic) bond motifs is 1. The fraction of sp³-hybridized carbons (Fsp3) is 0.409. The van der Waals surface area contributed by atoms with E-state index in [4.69, 9.17) is 9.47 Å². The first-order valence-corrected chi connectivity index (χ1v) is 11.8. The Morgan fingerprint density at radius 1 is 1.00 bits per heavy atom. The van der Waals surface area contributed by atoms with E-state index in [2.05, 4.69) is 9.62 Å². The average molecular weight is 446 g/mol. The Balaban J connectivity index is 1.21. The first-order chi connectivity index (χ1) is 14.9. The highest BCUT2D eigenvalue weighted by atomic mass is 32.2. The summed E-state index contributed by atoms with van der Waals surface area (Å²) in [5.74, 6) is 1.52. The molecule has 0 aromatic heterocycles. The van der Waals surface area contributed by atoms with E-state index >= 15 is 0 Å². The van der Waals surface area contributed by atoms with Gasteiger partial charge in [0.15, 0.2) is 11.5 Å². The Morgan fingerprint density at radius 2 is 1.71 bits per heavy atom. The number of nitrogens with one attached hydrogen (secondary N) is 1. The van der Waals surface area contributed by atoms with Gasteiger partial charge in [-0.2, -0.15) is 0 Å². The summed E-state index contributed by atoms with van der Waals surface area (Å²) in [6.45, 7) is 5.85. The van der Waals surface area contributed by atoms with Crippen LogP contribution in [0.4, 0.5) is 0 Å². The molecule has 9 heteroatoms. The largest absolute Gasteiger partial charge is 0.454 e. The summed E-state index contributed by atoms with van der Waals surface area (Å²) in [4.78, 5) is 16.8. The number of hydrogen-bond donors (Lipinski definition) is 1. The van der Waals surface area contributed by atoms with Gasteiger partial charge < -0.3 is 14.4 Å². The first-order valence-electron chi connectivity index (χ1n) is 10.4. The van der Waals surface area contributed by atoms with Crippen LogP contribution < -0.4 is 14.2 Å². The van der Waals surface area contributed by atoms with Crippen molar-refractivity contribution in [3.05, 3.63) is 53.6 Å². The van der Waals surface area contributed by atoms with Gasteiger partial charge in [-0.3, -0.25) is 9.69 Å². The SMILES string of the molecule is Cc1ccc(S(=O)(=O)NCCC(=O)N2CCN(Cc3ccc4c(c3)OCO4)CC2)cc1. The summed E-state index contributed by atoms with van der Waals surface area (Å²) >= 11 is 0. The molecule has 2 heterocycles. The molecule has 0 spiro atoms. The van der Waals surface area contributed by atoms with Crippen molar-refractivity contribution >= 4 is 15.9 Å². The minimum absolute atomic E-state index is 0.0330. The average Bonchev–Trinajstić information content (AvgIpc) is 3.22. The first kappa shape index (κ1) is 21.6. The van der Waals surface area contributed by atoms with Crippen molar-refractivity contribution in [3.8, 4) is 11.5 Å². The van der Waals surface area contributed by atoms with Crippen LogP contribution in [0.3, 0.4) is 0 Å². The van der Waals surface area contributed by atoms with Crippen molar-refractivity contribution in [2.24, 2.45) is 0 Å². The highest BCUT2D eigenvalue weighted by Gasteiger charge is 2.22. The normalized spacial score (nSPS) is 16.5. The van der Waals surface area contributed by atoms with Crippen molar-refractivity contribution in [2.45, 2.75) is 24.8 Å². The highest BCUT2D eigenvalue weighted by Crippen LogP contribution is 2.32. The topological polar surface area (TPSA) is 88.2 Å². The third-order valence-electron chi connectivity index (χ3n) is 5.53. The maximum absolute atomic E-state index is 12.5. The van der Waals surface area contributed by atoms with Crippen molar-refractivity contribution in [1.29, 1.82) is 0 Å². The van der Waals surface area contributed by atoms with E-state index in [0.29, 0.717) is 13.1 Å². The van der Waals surface area contributed by atoms with Gasteiger partial charge in [0.25, 0.3) is 0 Å². The monoisotopic (exact) mass is 445 g/mol. The lowest BCUT2D eigenvalue weighted by Crippen LogP contribution is -2.48. The molecule has 8 nitrogen and oxygen atoms in total. The Kier molecular flexibility index (Phi) is 6.45. The number of piperazine rings is 1. The van der Waals surface area contributed by atoms with E-state index in [-0.39, 0.29) is 30.6 Å². The lowest BCUT2D eigenvalue weighted by atomic mass is 10.1. The van der Waals surface area contributed by atoms with Crippen LogP contribution >= 0.6 is 0 Å². The fourth-order valence-electron chi connectivity index (χ4n) is 3.70. The van der Waals surface area contributed by atoms with Gasteiger partial charge >= 0.3 is 0 Å². The summed E-state index contributed by atoms with van der Waals surface area (Å²) < 4.78 is 38.0. The van der Waals surface area contributed by atoms with Crippen molar-refractivity contribution in [2.75, 3.05) is 39.5 Å². The van der Waals surface area contributed by atoms with E-state index in [1.165, 1.54) is 0 Å². The summed E-state index contributed by atoms with van der Waals surface area (Å²) in [7, 11) is -3.60. The number of sulfonamides is 1. The van der Waals surface area contributed by atoms with Gasteiger partial charge in [0.2, 0.25) is 22.7 Å². The van der Waals surface area contributed by atoms with Crippen molar-refractivity contribution in [1.82, 2.24) is 14.5 Å². The maximum atomic E-state index is 12.5. The molecule has 31 heavy (non-hydrogen) atoms. The predicted molar refractivity (Wildman–Crippen MR) is 115 cm³/mol. The van der Waals surface area contributed by atoms with E-state index in [1.54, 1.807) is 29.2 Å². The van der Waals surface area contributed by atoms with E-state index in [9.17, 15) is 13.2 Å². The third kappa shape index (κ3) is 5.36. The zero-order valence-electron chi connectivity index (χ0n) is 17.5. The molecular weight excluding hydrogens is 418 g/mol. The molecule has 1 fully saturated rings. The number of hydrogen-bond acceptors (Lipinski definition) is 6. The van der Waals surface area contributed by atoms with Crippen molar-refractivity contribution in [3.63, 3.8) is 0 Å². The molecule has 2 aromatic rings. The summed E-state index contributed by atoms with van der Waals surface area (Å²) in [5, 5.41) is 0. The zero-order valence-corrected chi connectivity index (χ0v) is 18.4. The molecule has 0 radical (unpaired) electrons. The second-order valence-electron chi connectivity index (χ2n) is 7.81. The van der Waals surface area contributed by atoms with Crippen LogP contribution in [0.25, 0.3) is 0 Å². The van der Waals surface area contributed by atoms with Crippen LogP contribution in [0.2, 0.25) is 0 Å². The number of carbonyl (C=O) groups excluding carboxylic acids is 1. The second kappa shape index (κ2) is 9.25. The number of ether oxygens (including phenoxy) is 2. The van der Waals surface area contributed by atoms with Gasteiger partial charge in [-0.1, -0.05) is 23.8 Å². The Labute approximate surface area is 182 Å². The summed E-state index contributed by atoms with van der Waals surface area (Å²) in [6.07, 6.45) is 0.146. The molecule has 0 bridgehead atoms. The van der Waals surface area contributed by atoms with E-state index < -0.39 is 10.0 Å². The summed E-state index contributed by atoms with van der Waals surface area (Å²) in [6, 6.07) is 12.6. The van der Waals surface area contributed by atoms with Crippen LogP contribution in [-0.4, -0.2) is 63.6 Å². The van der Waals surface area contributed by atoms with Crippen LogP contribution in [0, 0.1) is 6.92 Å². The molecular formula is C22H27N3O5S. The molecule has 2 aliphatic rings. The molecule has 0 atom stereocenters. The molecule has 0 aliphatic carbocycles. The zero-order chi connectivity index (χ0) is 21.8. The molecule has 2 aromatic carbocycles. The Hall–Kier alpha value is -2.62. The van der Waals surface area contributed by atoms with Gasteiger partial charge in [0.05, 0.1) is 4.90 Å². The maximum Gasteiger partial charge on any atom is 0.240 e. The number of rotatable bonds is 7. The Morgan fingerprint density at radius 3 is 2.45 bits per heavy atom. The Bertz CT molecular complexity index is 1030. The number of aryl methyl sites for hydroxylation is 1. The fourth-order valence-corrected chi connectivity index (χ4v) is 4.74. The minimum Gasteiger partial charge on any atom is -0.454 e. The van der Waals surface area contributed by atoms with Gasteiger partial charge in [-0.05, 0) is 36.8 Å². The van der Waals surface area contributed by atoms with Gasteiger partial charge in [-0.15, -0.1) is 0 Å². The molecule has 1 amide bonds. The molecule has 166 valence electrons. The number of carbonyl (C=O) groups is 1. The minimum atomic E-state index is -3.60. The summed E-state index contributed by atoms with van der Waals surface area (Å²) in [5.41, 5.74) is 2.14. The van der Waals surface area contributed by atoms with Crippen molar-refractivity contribution < 1.29 is 22.7 Å². The van der Waals surface area contributed by atoms with Crippen LogP contribution in [0.5, 0.6) is 11.5 Å². The van der Waals surface area contributed by atoms with E-state index in [0.717, 1.165) is 42.3 Å². The van der Waals surface area contributed by atoms with Gasteiger partial charge in [-0.25, -0.2) is 13.1 Å². The van der Waals surface area contributed by atoms with Crippen LogP contribution in [0.1, 0.15) is 17.5 Å². The highest BCUT2D eigenvalue weighted by molar-refractivity contribution is 7.89. The number of nitrogens with zero attached hydrogens (tertiary/aromatic N) is 2. The molecule has 0 unspecified atom stereocenters. The standard InChI is InChI=1S/C22H27N3O5S/c1-17-2-5-19(6-3-17)31(27,28)23-9-8-22(26)25-12-10-24(11-13-25)15-18-4-7-20-21(14-18)30-16-29-20/h2-7,14,23H,8-13,15-16H2,1H3. The van der Waals surface area contributed by atoms with Crippen LogP contribution in [-0.2, 0) is 21.4 Å². The quantitative estimate of drug-likeness (QED) is 0.699. The molecule has 4 rings (SSSR count). The molecule has 2 aliphatic heterocycles. The molecule has 1 N–H and O–H groups in total. The number of amides is 1. The van der Waals surface area contributed by atoms with Gasteiger partial charge in [0, 0.05) is 45.7 Å². The predicted octanol–water partition coefficient (Wildman–Crippen LogP) is 1.74. The van der Waals surface area contributed by atoms with Crippen LogP contribution in [0.15, 0.2) is 47.4 Å². The molecule has 1 saturated heterocycles. The number of benzene rings is 2. The lowest BCUT2D eigenvalue weighted by Gasteiger charge is -2.34. The molecule has 0 saturated carbocycles. The smallest absolute Gasteiger partial charge is 0.240 e. The third-order valence-corrected chi connectivity index (χ3v) is 7.01. The second-order valence-corrected chi connectivity index (χ2v) is 9.57.